The van der Waals surface area contributed by atoms with Crippen molar-refractivity contribution < 1.29 is 71.2 Å². The maximum absolute atomic E-state index is 10.9. The summed E-state index contributed by atoms with van der Waals surface area (Å²) >= 11 is 0. The Kier molecular flexibility index (Phi) is 26.7. The molecular weight excluding hydrogens is 391 g/mol. The van der Waals surface area contributed by atoms with Crippen LogP contribution in [0.1, 0.15) is 122 Å². The van der Waals surface area contributed by atoms with Gasteiger partial charge in [0.15, 0.2) is 0 Å². The maximum Gasteiger partial charge on any atom is 1.00 e. The fraction of sp³-hybridized carbons (Fsp3) is 0.833. The Morgan fingerprint density at radius 1 is 0.759 bits per heavy atom. The Morgan fingerprint density at radius 2 is 1.14 bits per heavy atom. The molecule has 0 spiro atoms. The number of carboxylic acids is 2. The minimum atomic E-state index is -1.32. The molecule has 164 valence electrons. The van der Waals surface area contributed by atoms with Crippen molar-refractivity contribution in [3.8, 4) is 0 Å². The Bertz CT molecular complexity index is 410. The topological polar surface area (TPSA) is 77.4 Å². The van der Waals surface area contributed by atoms with E-state index in [0.717, 1.165) is 19.3 Å². The zero-order valence-corrected chi connectivity index (χ0v) is 22.3. The molecule has 0 aliphatic carbocycles. The number of allylic oxidation sites excluding steroid dienone is 1. The molecule has 0 rings (SSSR count). The van der Waals surface area contributed by atoms with Gasteiger partial charge in [0.2, 0.25) is 0 Å². The van der Waals surface area contributed by atoms with E-state index in [0.29, 0.717) is 0 Å². The van der Waals surface area contributed by atoms with Gasteiger partial charge in [-0.05, 0) is 12.8 Å². The second-order valence-electron chi connectivity index (χ2n) is 8.04. The van der Waals surface area contributed by atoms with Crippen LogP contribution in [0.3, 0.4) is 0 Å². The number of unbranched alkanes of at least 4 members (excludes halogenated alkanes) is 16. The van der Waals surface area contributed by atoms with E-state index >= 15 is 0 Å². The van der Waals surface area contributed by atoms with Gasteiger partial charge in [-0.15, -0.1) is 0 Å². The summed E-state index contributed by atoms with van der Waals surface area (Å²) in [5.74, 6) is -3.39. The van der Waals surface area contributed by atoms with Gasteiger partial charge < -0.3 is 15.0 Å². The van der Waals surface area contributed by atoms with E-state index in [1.807, 2.05) is 0 Å². The first-order valence-corrected chi connectivity index (χ1v) is 11.7. The SMILES string of the molecule is CCCCCCCCCCCCCCCCCC/C=C/C(CC(=O)[O-])C(=O)O.[K+]. The Balaban J connectivity index is 0. The van der Waals surface area contributed by atoms with E-state index in [1.165, 1.54) is 96.0 Å². The summed E-state index contributed by atoms with van der Waals surface area (Å²) < 4.78 is 0. The van der Waals surface area contributed by atoms with E-state index in [4.69, 9.17) is 5.11 Å². The number of rotatable bonds is 21. The molecule has 0 aromatic heterocycles. The number of hydrogen-bond donors (Lipinski definition) is 1. The third-order valence-electron chi connectivity index (χ3n) is 5.30. The second-order valence-corrected chi connectivity index (χ2v) is 8.04. The third-order valence-corrected chi connectivity index (χ3v) is 5.30. The first kappa shape index (κ1) is 31.5. The number of aliphatic carboxylic acids is 2. The summed E-state index contributed by atoms with van der Waals surface area (Å²) in [4.78, 5) is 21.4. The smallest absolute Gasteiger partial charge is 0.550 e. The van der Waals surface area contributed by atoms with Gasteiger partial charge in [0, 0.05) is 12.4 Å². The molecular formula is C24H43KO4. The van der Waals surface area contributed by atoms with Gasteiger partial charge in [0.25, 0.3) is 0 Å². The van der Waals surface area contributed by atoms with Crippen LogP contribution in [0.25, 0.3) is 0 Å². The molecule has 1 N–H and O–H groups in total. The van der Waals surface area contributed by atoms with Gasteiger partial charge in [-0.25, -0.2) is 0 Å². The van der Waals surface area contributed by atoms with Gasteiger partial charge in [0.1, 0.15) is 0 Å². The minimum Gasteiger partial charge on any atom is -0.550 e. The van der Waals surface area contributed by atoms with E-state index < -0.39 is 24.3 Å². The molecule has 0 aliphatic rings. The van der Waals surface area contributed by atoms with Crippen LogP contribution in [0.15, 0.2) is 12.2 Å². The van der Waals surface area contributed by atoms with E-state index in [9.17, 15) is 14.7 Å². The van der Waals surface area contributed by atoms with Crippen molar-refractivity contribution in [3.05, 3.63) is 12.2 Å². The van der Waals surface area contributed by atoms with Crippen LogP contribution in [0.2, 0.25) is 0 Å². The predicted molar refractivity (Wildman–Crippen MR) is 114 cm³/mol. The fourth-order valence-corrected chi connectivity index (χ4v) is 3.49. The van der Waals surface area contributed by atoms with Gasteiger partial charge >= 0.3 is 57.4 Å². The van der Waals surface area contributed by atoms with Crippen LogP contribution in [0.4, 0.5) is 0 Å². The Labute approximate surface area is 221 Å². The molecule has 0 bridgehead atoms. The van der Waals surface area contributed by atoms with Crippen LogP contribution in [0, 0.1) is 5.92 Å². The summed E-state index contributed by atoms with van der Waals surface area (Å²) in [6.45, 7) is 2.26. The molecule has 29 heavy (non-hydrogen) atoms. The summed E-state index contributed by atoms with van der Waals surface area (Å²) in [6, 6.07) is 0. The summed E-state index contributed by atoms with van der Waals surface area (Å²) in [5.41, 5.74) is 0. The van der Waals surface area contributed by atoms with Gasteiger partial charge in [-0.1, -0.05) is 115 Å². The molecule has 0 saturated carbocycles. The summed E-state index contributed by atoms with van der Waals surface area (Å²) in [5, 5.41) is 19.4. The quantitative estimate of drug-likeness (QED) is 0.171. The van der Waals surface area contributed by atoms with Crippen molar-refractivity contribution in [2.24, 2.45) is 5.92 Å². The average Bonchev–Trinajstić information content (AvgIpc) is 2.65. The molecule has 0 fully saturated rings. The molecule has 0 amide bonds. The van der Waals surface area contributed by atoms with Crippen LogP contribution in [-0.4, -0.2) is 17.0 Å². The Hall–Kier alpha value is 0.316. The first-order chi connectivity index (χ1) is 13.6. The third kappa shape index (κ3) is 24.5. The Morgan fingerprint density at radius 3 is 1.48 bits per heavy atom. The van der Waals surface area contributed by atoms with E-state index in [1.54, 1.807) is 6.08 Å². The van der Waals surface area contributed by atoms with Crippen LogP contribution in [0.5, 0.6) is 0 Å². The number of carbonyl (C=O) groups excluding carboxylic acids is 1. The van der Waals surface area contributed by atoms with Crippen LogP contribution in [-0.2, 0) is 9.59 Å². The molecule has 5 heteroatoms. The normalized spacial score (nSPS) is 12.0. The second kappa shape index (κ2) is 24.6. The zero-order chi connectivity index (χ0) is 20.9. The van der Waals surface area contributed by atoms with Crippen molar-refractivity contribution in [1.82, 2.24) is 0 Å². The fourth-order valence-electron chi connectivity index (χ4n) is 3.49. The minimum absolute atomic E-state index is 0. The molecule has 0 aliphatic heterocycles. The average molecular weight is 435 g/mol. The summed E-state index contributed by atoms with van der Waals surface area (Å²) in [6.07, 6.45) is 25.0. The monoisotopic (exact) mass is 434 g/mol. The van der Waals surface area contributed by atoms with Gasteiger partial charge in [-0.3, -0.25) is 4.79 Å². The maximum atomic E-state index is 10.9. The van der Waals surface area contributed by atoms with Crippen LogP contribution >= 0.6 is 0 Å². The summed E-state index contributed by atoms with van der Waals surface area (Å²) in [7, 11) is 0. The van der Waals surface area contributed by atoms with Crippen LogP contribution < -0.4 is 56.5 Å². The van der Waals surface area contributed by atoms with Crippen molar-refractivity contribution in [2.75, 3.05) is 0 Å². The molecule has 1 atom stereocenters. The van der Waals surface area contributed by atoms with Crippen molar-refractivity contribution in [2.45, 2.75) is 122 Å². The number of hydrogen-bond acceptors (Lipinski definition) is 3. The van der Waals surface area contributed by atoms with E-state index in [-0.39, 0.29) is 51.4 Å². The molecule has 0 aromatic carbocycles. The van der Waals surface area contributed by atoms with Gasteiger partial charge in [-0.2, -0.15) is 0 Å². The van der Waals surface area contributed by atoms with Crippen molar-refractivity contribution in [3.63, 3.8) is 0 Å². The van der Waals surface area contributed by atoms with Gasteiger partial charge in [0.05, 0.1) is 5.92 Å². The molecule has 0 aromatic rings. The molecule has 4 nitrogen and oxygen atoms in total. The van der Waals surface area contributed by atoms with Crippen molar-refractivity contribution in [1.29, 1.82) is 0 Å². The largest absolute Gasteiger partial charge is 1.00 e. The van der Waals surface area contributed by atoms with E-state index in [2.05, 4.69) is 6.92 Å². The number of carboxylic acid groups (broad SMARTS) is 2. The zero-order valence-electron chi connectivity index (χ0n) is 19.1. The molecule has 0 heterocycles. The first-order valence-electron chi connectivity index (χ1n) is 11.7. The number of carbonyl (C=O) groups is 2. The molecule has 1 unspecified atom stereocenters. The standard InChI is InChI=1S/C24H44O4.K/c1-2-3-4-5-6-7-8-9-10-11-12-13-14-15-16-17-18-19-20-22(24(27)28)21-23(25)26;/h19-20,22H,2-18,21H2,1H3,(H,25,26)(H,27,28);/q;+1/p-1/b20-19+;. The molecule has 0 radical (unpaired) electrons. The predicted octanol–water partition coefficient (Wildman–Crippen LogP) is 3.04. The van der Waals surface area contributed by atoms with Crippen molar-refractivity contribution >= 4 is 11.9 Å². The molecule has 0 saturated heterocycles.